The molecule has 0 aromatic heterocycles. The second kappa shape index (κ2) is 15.4. The second-order valence-electron chi connectivity index (χ2n) is 10.6. The Balaban J connectivity index is 1.74. The average molecular weight is 627 g/mol. The molecule has 0 aliphatic carbocycles. The molecule has 7 atom stereocenters. The Kier molecular flexibility index (Phi) is 11.9. The number of hydrogen-bond donors (Lipinski definition) is 7. The molecule has 2 aromatic rings. The molecular formula is C30H42O14. The van der Waals surface area contributed by atoms with Crippen LogP contribution in [0.2, 0.25) is 0 Å². The van der Waals surface area contributed by atoms with Gasteiger partial charge in [0.25, 0.3) is 0 Å². The highest BCUT2D eigenvalue weighted by molar-refractivity contribution is 5.58. The van der Waals surface area contributed by atoms with E-state index in [4.69, 9.17) is 33.2 Å². The summed E-state index contributed by atoms with van der Waals surface area (Å²) in [6.07, 6.45) is -7.82. The molecule has 1 saturated heterocycles. The van der Waals surface area contributed by atoms with Gasteiger partial charge in [-0.15, -0.1) is 0 Å². The summed E-state index contributed by atoms with van der Waals surface area (Å²) in [4.78, 5) is 0. The topological polar surface area (TPSA) is 206 Å². The van der Waals surface area contributed by atoms with Gasteiger partial charge in [-0.25, -0.2) is 0 Å². The van der Waals surface area contributed by atoms with Crippen LogP contribution in [0.3, 0.4) is 0 Å². The summed E-state index contributed by atoms with van der Waals surface area (Å²) in [6.45, 7) is -1.59. The van der Waals surface area contributed by atoms with Crippen LogP contribution in [0, 0.1) is 0 Å². The summed E-state index contributed by atoms with van der Waals surface area (Å²) < 4.78 is 40.6. The predicted molar refractivity (Wildman–Crippen MR) is 152 cm³/mol. The average Bonchev–Trinajstić information content (AvgIpc) is 3.42. The number of methoxy groups -OCH3 is 3. The predicted octanol–water partition coefficient (Wildman–Crippen LogP) is -0.597. The van der Waals surface area contributed by atoms with E-state index in [-0.39, 0.29) is 30.5 Å². The molecule has 0 radical (unpaired) electrons. The van der Waals surface area contributed by atoms with E-state index in [0.29, 0.717) is 35.5 Å². The van der Waals surface area contributed by atoms with Gasteiger partial charge in [-0.05, 0) is 36.6 Å². The molecule has 7 N–H and O–H groups in total. The van der Waals surface area contributed by atoms with E-state index in [1.165, 1.54) is 21.3 Å². The molecular weight excluding hydrogens is 584 g/mol. The van der Waals surface area contributed by atoms with Gasteiger partial charge in [-0.3, -0.25) is 0 Å². The maximum absolute atomic E-state index is 10.6. The minimum atomic E-state index is -1.61. The molecule has 2 heterocycles. The minimum Gasteiger partial charge on any atom is -0.493 e. The van der Waals surface area contributed by atoms with Crippen LogP contribution in [-0.4, -0.2) is 127 Å². The van der Waals surface area contributed by atoms with Crippen LogP contribution in [0.5, 0.6) is 28.7 Å². The van der Waals surface area contributed by atoms with Crippen LogP contribution < -0.4 is 23.7 Å². The van der Waals surface area contributed by atoms with Crippen LogP contribution in [0.1, 0.15) is 35.1 Å². The van der Waals surface area contributed by atoms with Gasteiger partial charge in [0, 0.05) is 17.7 Å². The van der Waals surface area contributed by atoms with Crippen molar-refractivity contribution in [3.8, 4) is 28.7 Å². The normalized spacial score (nSPS) is 26.3. The number of hydrogen-bond acceptors (Lipinski definition) is 14. The lowest BCUT2D eigenvalue weighted by Crippen LogP contribution is -2.59. The fourth-order valence-electron chi connectivity index (χ4n) is 5.40. The van der Waals surface area contributed by atoms with Crippen molar-refractivity contribution in [3.63, 3.8) is 0 Å². The molecule has 246 valence electrons. The summed E-state index contributed by atoms with van der Waals surface area (Å²) in [5.41, 5.74) is 2.17. The number of aliphatic hydroxyl groups excluding tert-OH is 7. The van der Waals surface area contributed by atoms with E-state index in [1.54, 1.807) is 12.1 Å². The number of aliphatic hydroxyl groups is 7. The quantitative estimate of drug-likeness (QED) is 0.132. The molecule has 0 amide bonds. The standard InChI is InChI=1S/C30H42O14/c1-38-20-8-15(5-4-6-31)7-18-19(14-41-30-26(37)25(36)24(35)23(13-34)43-30)27(44-28(18)20)16-9-21(39-2)29(22(10-16)40-3)42-17(11-32)12-33/h7-10,17,19,23-27,30-37H,4-6,11-14H2,1-3H3/t19-,23+,24-,25+,26+,27+,30-/m0/s1. The molecule has 2 aliphatic rings. The molecule has 0 saturated carbocycles. The molecule has 0 bridgehead atoms. The molecule has 44 heavy (non-hydrogen) atoms. The van der Waals surface area contributed by atoms with Gasteiger partial charge < -0.3 is 68.9 Å². The fourth-order valence-corrected chi connectivity index (χ4v) is 5.40. The molecule has 14 heteroatoms. The molecule has 2 aliphatic heterocycles. The van der Waals surface area contributed by atoms with Gasteiger partial charge in [0.2, 0.25) is 5.75 Å². The summed E-state index contributed by atoms with van der Waals surface area (Å²) >= 11 is 0. The van der Waals surface area contributed by atoms with Gasteiger partial charge in [-0.2, -0.15) is 0 Å². The first kappa shape index (κ1) is 34.0. The van der Waals surface area contributed by atoms with Crippen LogP contribution in [-0.2, 0) is 15.9 Å². The van der Waals surface area contributed by atoms with Gasteiger partial charge in [0.15, 0.2) is 29.3 Å². The Morgan fingerprint density at radius 1 is 0.818 bits per heavy atom. The Morgan fingerprint density at radius 3 is 2.05 bits per heavy atom. The SMILES string of the molecule is COc1cc([C@H]2Oc3c(OC)cc(CCCO)cc3[C@@H]2CO[C@H]2O[C@H](CO)[C@H](O)[C@@H](O)[C@H]2O)cc(OC)c1OC(CO)CO. The Morgan fingerprint density at radius 2 is 1.48 bits per heavy atom. The van der Waals surface area contributed by atoms with Crippen LogP contribution in [0.4, 0.5) is 0 Å². The molecule has 14 nitrogen and oxygen atoms in total. The fraction of sp³-hybridized carbons (Fsp3) is 0.600. The largest absolute Gasteiger partial charge is 0.493 e. The number of rotatable bonds is 15. The van der Waals surface area contributed by atoms with Crippen molar-refractivity contribution in [2.75, 3.05) is 54.4 Å². The number of fused-ring (bicyclic) bond motifs is 1. The lowest BCUT2D eigenvalue weighted by Gasteiger charge is -2.40. The Bertz CT molecular complexity index is 1190. The lowest BCUT2D eigenvalue weighted by atomic mass is 9.89. The summed E-state index contributed by atoms with van der Waals surface area (Å²) in [5, 5.41) is 69.1. The van der Waals surface area contributed by atoms with E-state index in [9.17, 15) is 35.7 Å². The highest BCUT2D eigenvalue weighted by Gasteiger charge is 2.46. The van der Waals surface area contributed by atoms with E-state index in [2.05, 4.69) is 0 Å². The van der Waals surface area contributed by atoms with E-state index in [0.717, 1.165) is 5.56 Å². The van der Waals surface area contributed by atoms with Crippen LogP contribution in [0.25, 0.3) is 0 Å². The van der Waals surface area contributed by atoms with Crippen molar-refractivity contribution in [1.29, 1.82) is 0 Å². The monoisotopic (exact) mass is 626 g/mol. The zero-order valence-corrected chi connectivity index (χ0v) is 24.9. The maximum atomic E-state index is 10.6. The van der Waals surface area contributed by atoms with Gasteiger partial charge in [-0.1, -0.05) is 6.07 Å². The Hall–Kier alpha value is -2.92. The van der Waals surface area contributed by atoms with Crippen molar-refractivity contribution in [1.82, 2.24) is 0 Å². The second-order valence-corrected chi connectivity index (χ2v) is 10.6. The van der Waals surface area contributed by atoms with Gasteiger partial charge in [0.1, 0.15) is 36.6 Å². The third-order valence-electron chi connectivity index (χ3n) is 7.79. The number of ether oxygens (including phenoxy) is 7. The van der Waals surface area contributed by atoms with Gasteiger partial charge >= 0.3 is 0 Å². The van der Waals surface area contributed by atoms with Crippen molar-refractivity contribution in [2.45, 2.75) is 61.7 Å². The third-order valence-corrected chi connectivity index (χ3v) is 7.79. The minimum absolute atomic E-state index is 0.00357. The molecule has 0 spiro atoms. The van der Waals surface area contributed by atoms with Crippen molar-refractivity contribution >= 4 is 0 Å². The zero-order chi connectivity index (χ0) is 32.0. The highest BCUT2D eigenvalue weighted by atomic mass is 16.7. The van der Waals surface area contributed by atoms with Crippen molar-refractivity contribution in [2.24, 2.45) is 0 Å². The summed E-state index contributed by atoms with van der Waals surface area (Å²) in [5.74, 6) is 1.02. The molecule has 1 fully saturated rings. The lowest BCUT2D eigenvalue weighted by molar-refractivity contribution is -0.302. The third kappa shape index (κ3) is 6.98. The molecule has 0 unspecified atom stereocenters. The van der Waals surface area contributed by atoms with E-state index >= 15 is 0 Å². The maximum Gasteiger partial charge on any atom is 0.204 e. The van der Waals surface area contributed by atoms with Crippen molar-refractivity contribution in [3.05, 3.63) is 41.0 Å². The summed E-state index contributed by atoms with van der Waals surface area (Å²) in [6, 6.07) is 7.09. The first-order valence-electron chi connectivity index (χ1n) is 14.3. The Labute approximate surface area is 254 Å². The van der Waals surface area contributed by atoms with E-state index in [1.807, 2.05) is 12.1 Å². The molecule has 2 aromatic carbocycles. The first-order chi connectivity index (χ1) is 21.2. The van der Waals surface area contributed by atoms with E-state index < -0.39 is 68.7 Å². The zero-order valence-electron chi connectivity index (χ0n) is 24.9. The number of benzene rings is 2. The number of aryl methyl sites for hydroxylation is 1. The summed E-state index contributed by atoms with van der Waals surface area (Å²) in [7, 11) is 4.37. The van der Waals surface area contributed by atoms with Crippen LogP contribution >= 0.6 is 0 Å². The highest BCUT2D eigenvalue weighted by Crippen LogP contribution is 2.53. The smallest absolute Gasteiger partial charge is 0.204 e. The first-order valence-corrected chi connectivity index (χ1v) is 14.3. The van der Waals surface area contributed by atoms with Gasteiger partial charge in [0.05, 0.1) is 53.7 Å². The van der Waals surface area contributed by atoms with Crippen molar-refractivity contribution < 1.29 is 68.9 Å². The molecule has 4 rings (SSSR count). The van der Waals surface area contributed by atoms with Crippen LogP contribution in [0.15, 0.2) is 24.3 Å².